The summed E-state index contributed by atoms with van der Waals surface area (Å²) in [6, 6.07) is 11.1. The van der Waals surface area contributed by atoms with Crippen LogP contribution in [0.1, 0.15) is 22.8 Å². The molecular formula is C18H16Cl2N2O4S. The van der Waals surface area contributed by atoms with Gasteiger partial charge in [-0.1, -0.05) is 42.3 Å². The molecule has 1 heterocycles. The van der Waals surface area contributed by atoms with Crippen LogP contribution in [-0.2, 0) is 21.4 Å². The molecule has 6 nitrogen and oxygen atoms in total. The molecule has 9 heteroatoms. The summed E-state index contributed by atoms with van der Waals surface area (Å²) >= 11 is 11.9. The lowest BCUT2D eigenvalue weighted by atomic mass is 10.1. The van der Waals surface area contributed by atoms with Crippen molar-refractivity contribution >= 4 is 50.7 Å². The van der Waals surface area contributed by atoms with E-state index in [9.17, 15) is 18.0 Å². The quantitative estimate of drug-likeness (QED) is 0.812. The van der Waals surface area contributed by atoms with E-state index in [0.29, 0.717) is 5.02 Å². The first kappa shape index (κ1) is 19.7. The molecule has 1 unspecified atom stereocenters. The molecule has 0 radical (unpaired) electrons. The molecular weight excluding hydrogens is 411 g/mol. The molecule has 2 amide bonds. The predicted molar refractivity (Wildman–Crippen MR) is 105 cm³/mol. The van der Waals surface area contributed by atoms with Gasteiger partial charge in [-0.05, 0) is 35.9 Å². The Balaban J connectivity index is 1.84. The lowest BCUT2D eigenvalue weighted by Crippen LogP contribution is -2.31. The SMILES string of the molecule is CC1CS(=O)(=O)N(c2ccc(Cl)c(C(=O)NCc3ccc(Cl)cc3)c2)C1=O. The minimum atomic E-state index is -3.76. The van der Waals surface area contributed by atoms with Gasteiger partial charge in [-0.25, -0.2) is 12.7 Å². The van der Waals surface area contributed by atoms with Crippen molar-refractivity contribution in [2.75, 3.05) is 10.1 Å². The minimum absolute atomic E-state index is 0.0886. The normalized spacial score (nSPS) is 18.6. The van der Waals surface area contributed by atoms with Crippen LogP contribution in [0.15, 0.2) is 42.5 Å². The van der Waals surface area contributed by atoms with Gasteiger partial charge in [0.1, 0.15) is 0 Å². The number of hydrogen-bond acceptors (Lipinski definition) is 4. The number of amides is 2. The summed E-state index contributed by atoms with van der Waals surface area (Å²) in [7, 11) is -3.76. The summed E-state index contributed by atoms with van der Waals surface area (Å²) in [5, 5.41) is 3.46. The molecule has 1 fully saturated rings. The van der Waals surface area contributed by atoms with Gasteiger partial charge < -0.3 is 5.32 Å². The van der Waals surface area contributed by atoms with Crippen LogP contribution in [-0.4, -0.2) is 26.0 Å². The molecule has 1 N–H and O–H groups in total. The first-order chi connectivity index (χ1) is 12.7. The maximum absolute atomic E-state index is 12.5. The fourth-order valence-electron chi connectivity index (χ4n) is 2.78. The third-order valence-electron chi connectivity index (χ3n) is 4.16. The molecule has 0 bridgehead atoms. The fourth-order valence-corrected chi connectivity index (χ4v) is 4.92. The molecule has 2 aromatic rings. The zero-order valence-corrected chi connectivity index (χ0v) is 16.6. The summed E-state index contributed by atoms with van der Waals surface area (Å²) in [5.74, 6) is -1.89. The van der Waals surface area contributed by atoms with Crippen LogP contribution in [0.4, 0.5) is 5.69 Å². The van der Waals surface area contributed by atoms with E-state index in [1.54, 1.807) is 31.2 Å². The minimum Gasteiger partial charge on any atom is -0.348 e. The van der Waals surface area contributed by atoms with Gasteiger partial charge in [0.25, 0.3) is 5.91 Å². The van der Waals surface area contributed by atoms with E-state index >= 15 is 0 Å². The first-order valence-corrected chi connectivity index (χ1v) is 10.4. The highest BCUT2D eigenvalue weighted by atomic mass is 35.5. The second-order valence-corrected chi connectivity index (χ2v) is 8.96. The molecule has 27 heavy (non-hydrogen) atoms. The number of hydrogen-bond donors (Lipinski definition) is 1. The van der Waals surface area contributed by atoms with Crippen LogP contribution in [0.25, 0.3) is 0 Å². The molecule has 142 valence electrons. The summed E-state index contributed by atoms with van der Waals surface area (Å²) in [6.45, 7) is 1.80. The van der Waals surface area contributed by atoms with E-state index in [1.807, 2.05) is 0 Å². The maximum atomic E-state index is 12.5. The largest absolute Gasteiger partial charge is 0.348 e. The number of rotatable bonds is 4. The topological polar surface area (TPSA) is 83.6 Å². The highest BCUT2D eigenvalue weighted by Crippen LogP contribution is 2.31. The van der Waals surface area contributed by atoms with Gasteiger partial charge in [-0.2, -0.15) is 0 Å². The first-order valence-electron chi connectivity index (χ1n) is 8.08. The van der Waals surface area contributed by atoms with Crippen molar-refractivity contribution in [3.8, 4) is 0 Å². The van der Waals surface area contributed by atoms with Crippen molar-refractivity contribution in [3.05, 3.63) is 63.6 Å². The molecule has 1 aliphatic rings. The van der Waals surface area contributed by atoms with Crippen LogP contribution >= 0.6 is 23.2 Å². The van der Waals surface area contributed by atoms with Gasteiger partial charge in [-0.3, -0.25) is 9.59 Å². The van der Waals surface area contributed by atoms with Crippen molar-refractivity contribution in [1.29, 1.82) is 0 Å². The molecule has 0 aromatic heterocycles. The van der Waals surface area contributed by atoms with Gasteiger partial charge >= 0.3 is 0 Å². The molecule has 2 aromatic carbocycles. The van der Waals surface area contributed by atoms with Crippen molar-refractivity contribution in [2.24, 2.45) is 5.92 Å². The number of benzene rings is 2. The van der Waals surface area contributed by atoms with Crippen LogP contribution in [0.2, 0.25) is 10.0 Å². The number of anilines is 1. The lowest BCUT2D eigenvalue weighted by molar-refractivity contribution is -0.119. The van der Waals surface area contributed by atoms with Gasteiger partial charge in [0.15, 0.2) is 0 Å². The average Bonchev–Trinajstić information content (AvgIpc) is 2.82. The lowest BCUT2D eigenvalue weighted by Gasteiger charge is -2.17. The van der Waals surface area contributed by atoms with Gasteiger partial charge in [-0.15, -0.1) is 0 Å². The Kier molecular flexibility index (Phi) is 5.46. The Morgan fingerprint density at radius 1 is 1.19 bits per heavy atom. The zero-order chi connectivity index (χ0) is 19.8. The molecule has 1 saturated heterocycles. The number of nitrogens with zero attached hydrogens (tertiary/aromatic N) is 1. The van der Waals surface area contributed by atoms with Crippen LogP contribution in [0.3, 0.4) is 0 Å². The summed E-state index contributed by atoms with van der Waals surface area (Å²) < 4.78 is 25.2. The number of carbonyl (C=O) groups excluding carboxylic acids is 2. The second-order valence-electron chi connectivity index (χ2n) is 6.26. The zero-order valence-electron chi connectivity index (χ0n) is 14.3. The Bertz CT molecular complexity index is 1010. The van der Waals surface area contributed by atoms with E-state index < -0.39 is 27.8 Å². The van der Waals surface area contributed by atoms with Crippen molar-refractivity contribution in [1.82, 2.24) is 5.32 Å². The molecule has 1 aliphatic heterocycles. The smallest absolute Gasteiger partial charge is 0.253 e. The van der Waals surface area contributed by atoms with Crippen molar-refractivity contribution in [2.45, 2.75) is 13.5 Å². The standard InChI is InChI=1S/C18H16Cl2N2O4S/c1-11-10-27(25,26)22(18(11)24)14-6-7-16(20)15(8-14)17(23)21-9-12-2-4-13(19)5-3-12/h2-8,11H,9-10H2,1H3,(H,21,23). The molecule has 0 spiro atoms. The highest BCUT2D eigenvalue weighted by Gasteiger charge is 2.42. The van der Waals surface area contributed by atoms with Crippen LogP contribution < -0.4 is 9.62 Å². The molecule has 1 atom stereocenters. The van der Waals surface area contributed by atoms with E-state index in [-0.39, 0.29) is 28.6 Å². The van der Waals surface area contributed by atoms with Gasteiger partial charge in [0.05, 0.1) is 27.9 Å². The Morgan fingerprint density at radius 2 is 1.85 bits per heavy atom. The second kappa shape index (κ2) is 7.50. The summed E-state index contributed by atoms with van der Waals surface area (Å²) in [5.41, 5.74) is 1.03. The number of carbonyl (C=O) groups is 2. The average molecular weight is 427 g/mol. The fraction of sp³-hybridized carbons (Fsp3) is 0.222. The van der Waals surface area contributed by atoms with Crippen LogP contribution in [0.5, 0.6) is 0 Å². The Morgan fingerprint density at radius 3 is 2.44 bits per heavy atom. The van der Waals surface area contributed by atoms with E-state index in [4.69, 9.17) is 23.2 Å². The molecule has 0 aliphatic carbocycles. The monoisotopic (exact) mass is 426 g/mol. The third kappa shape index (κ3) is 4.10. The Hall–Kier alpha value is -2.09. The van der Waals surface area contributed by atoms with Gasteiger partial charge in [0.2, 0.25) is 15.9 Å². The van der Waals surface area contributed by atoms with E-state index in [0.717, 1.165) is 9.87 Å². The van der Waals surface area contributed by atoms with Crippen molar-refractivity contribution < 1.29 is 18.0 Å². The summed E-state index contributed by atoms with van der Waals surface area (Å²) in [6.07, 6.45) is 0. The number of sulfonamides is 1. The molecule has 0 saturated carbocycles. The number of halogens is 2. The predicted octanol–water partition coefficient (Wildman–Crippen LogP) is 3.24. The highest BCUT2D eigenvalue weighted by molar-refractivity contribution is 7.94. The van der Waals surface area contributed by atoms with Gasteiger partial charge in [0, 0.05) is 11.6 Å². The number of nitrogens with one attached hydrogen (secondary N) is 1. The Labute approximate surface area is 167 Å². The van der Waals surface area contributed by atoms with Crippen molar-refractivity contribution in [3.63, 3.8) is 0 Å². The summed E-state index contributed by atoms with van der Waals surface area (Å²) in [4.78, 5) is 24.7. The van der Waals surface area contributed by atoms with E-state index in [2.05, 4.69) is 5.32 Å². The third-order valence-corrected chi connectivity index (χ3v) is 6.61. The maximum Gasteiger partial charge on any atom is 0.253 e. The van der Waals surface area contributed by atoms with E-state index in [1.165, 1.54) is 18.2 Å². The molecule has 3 rings (SSSR count). The van der Waals surface area contributed by atoms with Crippen LogP contribution in [0, 0.1) is 5.92 Å².